The van der Waals surface area contributed by atoms with Gasteiger partial charge < -0.3 is 15.2 Å². The summed E-state index contributed by atoms with van der Waals surface area (Å²) >= 11 is 0. The maximum Gasteiger partial charge on any atom is 0.123 e. The number of rotatable bonds is 9. The Labute approximate surface area is 116 Å². The molecule has 0 heterocycles. The van der Waals surface area contributed by atoms with Crippen LogP contribution < -0.4 is 15.2 Å². The van der Waals surface area contributed by atoms with E-state index in [0.29, 0.717) is 0 Å². The smallest absolute Gasteiger partial charge is 0.123 e. The Morgan fingerprint density at radius 2 is 2.00 bits per heavy atom. The van der Waals surface area contributed by atoms with Gasteiger partial charge in [-0.25, -0.2) is 0 Å². The van der Waals surface area contributed by atoms with Crippen molar-refractivity contribution in [1.29, 1.82) is 0 Å². The molecule has 19 heavy (non-hydrogen) atoms. The molecule has 0 saturated heterocycles. The van der Waals surface area contributed by atoms with Crippen LogP contribution in [0.25, 0.3) is 0 Å². The maximum absolute atomic E-state index is 6.25. The van der Waals surface area contributed by atoms with Gasteiger partial charge in [0.05, 0.1) is 14.2 Å². The van der Waals surface area contributed by atoms with E-state index in [4.69, 9.17) is 15.2 Å². The molecule has 0 aliphatic carbocycles. The van der Waals surface area contributed by atoms with Gasteiger partial charge in [0.1, 0.15) is 11.5 Å². The number of ether oxygens (including phenoxy) is 2. The van der Waals surface area contributed by atoms with Crippen molar-refractivity contribution in [2.75, 3.05) is 14.2 Å². The molecule has 0 aliphatic rings. The van der Waals surface area contributed by atoms with Gasteiger partial charge in [-0.1, -0.05) is 18.9 Å². The van der Waals surface area contributed by atoms with E-state index >= 15 is 0 Å². The second-order valence-electron chi connectivity index (χ2n) is 4.64. The van der Waals surface area contributed by atoms with E-state index < -0.39 is 0 Å². The fourth-order valence-electron chi connectivity index (χ4n) is 2.11. The Balaban J connectivity index is 2.58. The molecular weight excluding hydrogens is 238 g/mol. The third-order valence-electron chi connectivity index (χ3n) is 3.26. The molecule has 0 saturated carbocycles. The Morgan fingerprint density at radius 1 is 1.21 bits per heavy atom. The zero-order chi connectivity index (χ0) is 14.1. The van der Waals surface area contributed by atoms with Crippen LogP contribution in [0.5, 0.6) is 11.5 Å². The van der Waals surface area contributed by atoms with Crippen molar-refractivity contribution in [3.8, 4) is 11.5 Å². The predicted molar refractivity (Wildman–Crippen MR) is 79.8 cm³/mol. The minimum Gasteiger partial charge on any atom is -0.497 e. The molecule has 0 fully saturated rings. The highest BCUT2D eigenvalue weighted by Crippen LogP contribution is 2.30. The molecule has 1 rings (SSSR count). The summed E-state index contributed by atoms with van der Waals surface area (Å²) in [7, 11) is 3.33. The Hall–Kier alpha value is -1.48. The van der Waals surface area contributed by atoms with Gasteiger partial charge in [0.25, 0.3) is 0 Å². The summed E-state index contributed by atoms with van der Waals surface area (Å²) in [5.41, 5.74) is 7.27. The van der Waals surface area contributed by atoms with Crippen LogP contribution in [0.3, 0.4) is 0 Å². The zero-order valence-corrected chi connectivity index (χ0v) is 12.0. The first-order chi connectivity index (χ1) is 9.22. The lowest BCUT2D eigenvalue weighted by molar-refractivity contribution is 0.393. The number of nitrogens with two attached hydrogens (primary N) is 1. The molecule has 0 spiro atoms. The van der Waals surface area contributed by atoms with Crippen LogP contribution >= 0.6 is 0 Å². The molecule has 0 aliphatic heterocycles. The molecule has 1 unspecified atom stereocenters. The average molecular weight is 263 g/mol. The molecule has 1 aromatic carbocycles. The van der Waals surface area contributed by atoms with Crippen molar-refractivity contribution in [1.82, 2.24) is 0 Å². The van der Waals surface area contributed by atoms with E-state index in [9.17, 15) is 0 Å². The fourth-order valence-corrected chi connectivity index (χ4v) is 2.11. The van der Waals surface area contributed by atoms with Gasteiger partial charge in [-0.2, -0.15) is 0 Å². The SMILES string of the molecule is C=CCCCCCC(N)c1cc(OC)ccc1OC. The quantitative estimate of drug-likeness (QED) is 0.544. The molecule has 1 atom stereocenters. The third-order valence-corrected chi connectivity index (χ3v) is 3.26. The second kappa shape index (κ2) is 8.59. The maximum atomic E-state index is 6.25. The summed E-state index contributed by atoms with van der Waals surface area (Å²) in [5.74, 6) is 1.65. The van der Waals surface area contributed by atoms with E-state index in [1.54, 1.807) is 14.2 Å². The summed E-state index contributed by atoms with van der Waals surface area (Å²) in [6.45, 7) is 3.73. The minimum absolute atomic E-state index is 0.00576. The topological polar surface area (TPSA) is 44.5 Å². The largest absolute Gasteiger partial charge is 0.497 e. The van der Waals surface area contributed by atoms with E-state index in [1.165, 1.54) is 12.8 Å². The summed E-state index contributed by atoms with van der Waals surface area (Å²) in [5, 5.41) is 0. The van der Waals surface area contributed by atoms with Crippen LogP contribution in [0.1, 0.15) is 43.7 Å². The van der Waals surface area contributed by atoms with Crippen molar-refractivity contribution in [3.05, 3.63) is 36.4 Å². The number of hydrogen-bond acceptors (Lipinski definition) is 3. The van der Waals surface area contributed by atoms with Gasteiger partial charge in [0.15, 0.2) is 0 Å². The van der Waals surface area contributed by atoms with Crippen LogP contribution in [0, 0.1) is 0 Å². The van der Waals surface area contributed by atoms with Gasteiger partial charge in [0, 0.05) is 11.6 Å². The number of benzene rings is 1. The van der Waals surface area contributed by atoms with Gasteiger partial charge in [-0.3, -0.25) is 0 Å². The first-order valence-corrected chi connectivity index (χ1v) is 6.81. The zero-order valence-electron chi connectivity index (χ0n) is 12.0. The van der Waals surface area contributed by atoms with Crippen LogP contribution in [0.4, 0.5) is 0 Å². The summed E-state index contributed by atoms with van der Waals surface area (Å²) in [4.78, 5) is 0. The second-order valence-corrected chi connectivity index (χ2v) is 4.64. The first-order valence-electron chi connectivity index (χ1n) is 6.81. The van der Waals surface area contributed by atoms with Gasteiger partial charge in [-0.15, -0.1) is 6.58 Å². The van der Waals surface area contributed by atoms with Crippen LogP contribution in [-0.4, -0.2) is 14.2 Å². The molecule has 0 amide bonds. The highest BCUT2D eigenvalue weighted by atomic mass is 16.5. The molecule has 0 radical (unpaired) electrons. The first kappa shape index (κ1) is 15.6. The molecule has 3 nitrogen and oxygen atoms in total. The lowest BCUT2D eigenvalue weighted by Gasteiger charge is -2.16. The lowest BCUT2D eigenvalue weighted by atomic mass is 9.99. The van der Waals surface area contributed by atoms with Crippen molar-refractivity contribution in [2.45, 2.75) is 38.1 Å². The van der Waals surface area contributed by atoms with Gasteiger partial charge >= 0.3 is 0 Å². The number of unbranched alkanes of at least 4 members (excludes halogenated alkanes) is 3. The summed E-state index contributed by atoms with van der Waals surface area (Å²) in [6.07, 6.45) is 7.50. The van der Waals surface area contributed by atoms with Crippen molar-refractivity contribution in [3.63, 3.8) is 0 Å². The molecule has 1 aromatic rings. The van der Waals surface area contributed by atoms with Crippen molar-refractivity contribution >= 4 is 0 Å². The lowest BCUT2D eigenvalue weighted by Crippen LogP contribution is -2.11. The Kier molecular flexibility index (Phi) is 7.04. The number of allylic oxidation sites excluding steroid dienone is 1. The van der Waals surface area contributed by atoms with Crippen LogP contribution in [0.2, 0.25) is 0 Å². The minimum atomic E-state index is -0.00576. The molecule has 0 aromatic heterocycles. The fraction of sp³-hybridized carbons (Fsp3) is 0.500. The standard InChI is InChI=1S/C16H25NO2/c1-4-5-6-7-8-9-15(17)14-12-13(18-2)10-11-16(14)19-3/h4,10-12,15H,1,5-9,17H2,2-3H3. The van der Waals surface area contributed by atoms with Gasteiger partial charge in [-0.05, 0) is 37.5 Å². The normalized spacial score (nSPS) is 11.9. The van der Waals surface area contributed by atoms with Crippen molar-refractivity contribution in [2.24, 2.45) is 5.73 Å². The van der Waals surface area contributed by atoms with E-state index in [0.717, 1.165) is 36.3 Å². The van der Waals surface area contributed by atoms with Crippen molar-refractivity contribution < 1.29 is 9.47 Å². The predicted octanol–water partition coefficient (Wildman–Crippen LogP) is 3.84. The molecule has 106 valence electrons. The highest BCUT2D eigenvalue weighted by Gasteiger charge is 2.12. The van der Waals surface area contributed by atoms with E-state index in [-0.39, 0.29) is 6.04 Å². The molecule has 2 N–H and O–H groups in total. The third kappa shape index (κ3) is 4.95. The number of hydrogen-bond donors (Lipinski definition) is 1. The monoisotopic (exact) mass is 263 g/mol. The molecule has 3 heteroatoms. The van der Waals surface area contributed by atoms with E-state index in [2.05, 4.69) is 6.58 Å². The van der Waals surface area contributed by atoms with E-state index in [1.807, 2.05) is 24.3 Å². The summed E-state index contributed by atoms with van der Waals surface area (Å²) < 4.78 is 10.6. The Bertz CT molecular complexity index is 390. The molecule has 0 bridgehead atoms. The van der Waals surface area contributed by atoms with Crippen LogP contribution in [0.15, 0.2) is 30.9 Å². The van der Waals surface area contributed by atoms with Crippen LogP contribution in [-0.2, 0) is 0 Å². The van der Waals surface area contributed by atoms with Gasteiger partial charge in [0.2, 0.25) is 0 Å². The highest BCUT2D eigenvalue weighted by molar-refractivity contribution is 5.42. The molecular formula is C16H25NO2. The average Bonchev–Trinajstić information content (AvgIpc) is 2.46. The summed E-state index contributed by atoms with van der Waals surface area (Å²) in [6, 6.07) is 5.76. The Morgan fingerprint density at radius 3 is 2.63 bits per heavy atom. The number of methoxy groups -OCH3 is 2.